The van der Waals surface area contributed by atoms with Gasteiger partial charge in [0.15, 0.2) is 5.79 Å². The molecule has 44 heavy (non-hydrogen) atoms. The van der Waals surface area contributed by atoms with Crippen molar-refractivity contribution in [3.63, 3.8) is 0 Å². The van der Waals surface area contributed by atoms with Crippen LogP contribution in [0.15, 0.2) is 36.4 Å². The van der Waals surface area contributed by atoms with Crippen molar-refractivity contribution in [1.82, 2.24) is 0 Å². The molecule has 2 aromatic carbocycles. The van der Waals surface area contributed by atoms with Crippen LogP contribution >= 0.6 is 0 Å². The van der Waals surface area contributed by atoms with Crippen molar-refractivity contribution in [2.75, 3.05) is 13.7 Å². The molecule has 242 valence electrons. The minimum Gasteiger partial charge on any atom is -0.497 e. The van der Waals surface area contributed by atoms with Crippen molar-refractivity contribution < 1.29 is 33.6 Å². The van der Waals surface area contributed by atoms with Crippen LogP contribution in [0.2, 0.25) is 25.7 Å². The monoisotopic (exact) mass is 624 g/mol. The summed E-state index contributed by atoms with van der Waals surface area (Å²) in [7, 11) is 0.342. The molecule has 0 aliphatic carbocycles. The largest absolute Gasteiger partial charge is 0.497 e. The average molecular weight is 625 g/mol. The molecule has 0 amide bonds. The number of benzene rings is 2. The van der Waals surface area contributed by atoms with Crippen molar-refractivity contribution >= 4 is 14.0 Å². The minimum atomic E-state index is -1.30. The van der Waals surface area contributed by atoms with Gasteiger partial charge < -0.3 is 28.8 Å². The lowest BCUT2D eigenvalue weighted by molar-refractivity contribution is -0.152. The third kappa shape index (κ3) is 11.4. The van der Waals surface area contributed by atoms with E-state index in [0.29, 0.717) is 38.0 Å². The van der Waals surface area contributed by atoms with E-state index < -0.39 is 26.1 Å². The molecule has 1 aliphatic rings. The molecule has 1 saturated heterocycles. The van der Waals surface area contributed by atoms with E-state index in [4.69, 9.17) is 23.7 Å². The van der Waals surface area contributed by atoms with Crippen molar-refractivity contribution in [2.45, 2.75) is 123 Å². The summed E-state index contributed by atoms with van der Waals surface area (Å²) in [5.74, 6) is 5.78. The first kappa shape index (κ1) is 35.8. The van der Waals surface area contributed by atoms with Gasteiger partial charge in [-0.25, -0.2) is 4.79 Å². The molecule has 8 heteroatoms. The number of carbonyl (C=O) groups is 1. The normalized spacial score (nSPS) is 19.1. The molecule has 0 bridgehead atoms. The summed E-state index contributed by atoms with van der Waals surface area (Å²) < 4.78 is 29.1. The molecule has 1 N–H and O–H groups in total. The van der Waals surface area contributed by atoms with Gasteiger partial charge in [0, 0.05) is 14.5 Å². The zero-order valence-electron chi connectivity index (χ0n) is 28.1. The summed E-state index contributed by atoms with van der Waals surface area (Å²) in [5.41, 5.74) is 4.76. The maximum absolute atomic E-state index is 13.1. The molecular weight excluding hydrogens is 572 g/mol. The van der Waals surface area contributed by atoms with E-state index in [9.17, 15) is 9.90 Å². The van der Waals surface area contributed by atoms with E-state index in [1.807, 2.05) is 65.0 Å². The van der Waals surface area contributed by atoms with Crippen molar-refractivity contribution in [1.29, 1.82) is 0 Å². The number of hydrogen-bond donors (Lipinski definition) is 1. The number of ether oxygens (including phenoxy) is 5. The van der Waals surface area contributed by atoms with Gasteiger partial charge in [-0.2, -0.15) is 0 Å². The number of methoxy groups -OCH3 is 1. The molecule has 1 heterocycles. The highest BCUT2D eigenvalue weighted by Gasteiger charge is 2.44. The SMILES string of the molecule is COc1ccc(COC(C)CC#CC(O)C2OC(C)(C)O[C@H]2CCCc2cc(C)cc(C)c2C(=O)OCC[Si](C)(C)C)cc1. The number of aryl methyl sites for hydroxylation is 3. The standard InChI is InChI=1S/C36H52O7Si/c1-25-22-26(2)33(35(38)40-20-21-44(7,8)9)29(23-25)13-11-15-32-34(43-36(4,5)42-32)31(37)14-10-12-27(3)41-24-28-16-18-30(39-6)19-17-28/h16-19,22-23,27,31-32,34,37H,11-13,15,20-21,24H2,1-9H3/t27?,31?,32-,34?/m0/s1. The first-order valence-electron chi connectivity index (χ1n) is 15.7. The predicted octanol–water partition coefficient (Wildman–Crippen LogP) is 7.01. The van der Waals surface area contributed by atoms with Gasteiger partial charge in [-0.15, -0.1) is 0 Å². The van der Waals surface area contributed by atoms with Crippen LogP contribution in [0.4, 0.5) is 0 Å². The van der Waals surface area contributed by atoms with Gasteiger partial charge in [0.25, 0.3) is 0 Å². The molecule has 0 spiro atoms. The van der Waals surface area contributed by atoms with E-state index in [1.165, 1.54) is 0 Å². The lowest BCUT2D eigenvalue weighted by atomic mass is 9.93. The zero-order chi connectivity index (χ0) is 32.5. The highest BCUT2D eigenvalue weighted by molar-refractivity contribution is 6.76. The van der Waals surface area contributed by atoms with Crippen LogP contribution in [0.25, 0.3) is 0 Å². The molecule has 1 aliphatic heterocycles. The zero-order valence-corrected chi connectivity index (χ0v) is 29.1. The Morgan fingerprint density at radius 2 is 1.82 bits per heavy atom. The van der Waals surface area contributed by atoms with Gasteiger partial charge in [-0.3, -0.25) is 0 Å². The molecule has 4 atom stereocenters. The summed E-state index contributed by atoms with van der Waals surface area (Å²) in [6.45, 7) is 17.4. The Morgan fingerprint density at radius 3 is 2.48 bits per heavy atom. The topological polar surface area (TPSA) is 83.5 Å². The van der Waals surface area contributed by atoms with Gasteiger partial charge in [0.1, 0.15) is 18.0 Å². The van der Waals surface area contributed by atoms with E-state index in [-0.39, 0.29) is 18.2 Å². The quantitative estimate of drug-likeness (QED) is 0.138. The predicted molar refractivity (Wildman–Crippen MR) is 177 cm³/mol. The molecule has 1 fully saturated rings. The summed E-state index contributed by atoms with van der Waals surface area (Å²) in [5, 5.41) is 11.0. The summed E-state index contributed by atoms with van der Waals surface area (Å²) in [4.78, 5) is 13.1. The first-order chi connectivity index (χ1) is 20.7. The van der Waals surface area contributed by atoms with Gasteiger partial charge in [0.05, 0.1) is 38.1 Å². The third-order valence-electron chi connectivity index (χ3n) is 7.65. The summed E-state index contributed by atoms with van der Waals surface area (Å²) >= 11 is 0. The maximum atomic E-state index is 13.1. The Balaban J connectivity index is 1.56. The molecule has 0 radical (unpaired) electrons. The Kier molecular flexibility index (Phi) is 13.1. The Labute approximate surface area is 265 Å². The molecule has 7 nitrogen and oxygen atoms in total. The van der Waals surface area contributed by atoms with Gasteiger partial charge in [-0.1, -0.05) is 61.3 Å². The van der Waals surface area contributed by atoms with Crippen molar-refractivity contribution in [3.05, 3.63) is 64.2 Å². The fraction of sp³-hybridized carbons (Fsp3) is 0.583. The number of hydrogen-bond acceptors (Lipinski definition) is 7. The number of aliphatic hydroxyl groups excluding tert-OH is 1. The van der Waals surface area contributed by atoms with Crippen molar-refractivity contribution in [3.8, 4) is 17.6 Å². The lowest BCUT2D eigenvalue weighted by Crippen LogP contribution is -2.34. The number of carbonyl (C=O) groups excluding carboxylic acids is 1. The van der Waals surface area contributed by atoms with Crippen LogP contribution in [0, 0.1) is 25.7 Å². The maximum Gasteiger partial charge on any atom is 0.338 e. The van der Waals surface area contributed by atoms with Crippen LogP contribution < -0.4 is 4.74 Å². The molecule has 3 unspecified atom stereocenters. The summed E-state index contributed by atoms with van der Waals surface area (Å²) in [6, 6.07) is 12.8. The van der Waals surface area contributed by atoms with Crippen LogP contribution in [0.1, 0.15) is 72.6 Å². The Bertz CT molecular complexity index is 1290. The van der Waals surface area contributed by atoms with E-state index in [0.717, 1.165) is 40.5 Å². The minimum absolute atomic E-state index is 0.0982. The lowest BCUT2D eigenvalue weighted by Gasteiger charge is -2.20. The third-order valence-corrected chi connectivity index (χ3v) is 9.36. The highest BCUT2D eigenvalue weighted by atomic mass is 28.3. The second-order valence-corrected chi connectivity index (χ2v) is 19.2. The van der Waals surface area contributed by atoms with Crippen molar-refractivity contribution in [2.24, 2.45) is 0 Å². The number of rotatable bonds is 14. The summed E-state index contributed by atoms with van der Waals surface area (Å²) in [6.07, 6.45) is 0.611. The van der Waals surface area contributed by atoms with Crippen LogP contribution in [-0.4, -0.2) is 63.1 Å². The van der Waals surface area contributed by atoms with E-state index >= 15 is 0 Å². The van der Waals surface area contributed by atoms with E-state index in [2.05, 4.69) is 37.5 Å². The van der Waals surface area contributed by atoms with Gasteiger partial charge in [0.2, 0.25) is 0 Å². The fourth-order valence-corrected chi connectivity index (χ4v) is 6.04. The Morgan fingerprint density at radius 1 is 1.11 bits per heavy atom. The van der Waals surface area contributed by atoms with Gasteiger partial charge >= 0.3 is 5.97 Å². The molecule has 3 rings (SSSR count). The molecule has 2 aromatic rings. The second-order valence-electron chi connectivity index (χ2n) is 13.5. The first-order valence-corrected chi connectivity index (χ1v) is 19.4. The molecule has 0 saturated carbocycles. The molecule has 0 aromatic heterocycles. The number of esters is 1. The Hall–Kier alpha value is -2.67. The van der Waals surface area contributed by atoms with Crippen LogP contribution in [0.5, 0.6) is 5.75 Å². The van der Waals surface area contributed by atoms with E-state index in [1.54, 1.807) is 7.11 Å². The highest BCUT2D eigenvalue weighted by Crippen LogP contribution is 2.33. The second kappa shape index (κ2) is 16.1. The van der Waals surface area contributed by atoms with Crippen LogP contribution in [-0.2, 0) is 32.0 Å². The molecular formula is C36H52O7Si. The number of aliphatic hydroxyl groups is 1. The smallest absolute Gasteiger partial charge is 0.338 e. The average Bonchev–Trinajstić information content (AvgIpc) is 3.25. The van der Waals surface area contributed by atoms with Crippen LogP contribution in [0.3, 0.4) is 0 Å². The fourth-order valence-electron chi connectivity index (χ4n) is 5.32. The van der Waals surface area contributed by atoms with Gasteiger partial charge in [-0.05, 0) is 88.7 Å².